The van der Waals surface area contributed by atoms with Crippen LogP contribution >= 0.6 is 0 Å². The molecule has 3 rings (SSSR count). The molecule has 8 heteroatoms. The third-order valence-electron chi connectivity index (χ3n) is 6.93. The van der Waals surface area contributed by atoms with E-state index in [9.17, 15) is 23.1 Å². The number of alkyl halides is 3. The molecule has 2 aliphatic rings. The first kappa shape index (κ1) is 25.9. The molecule has 2 heterocycles. The first-order valence-electron chi connectivity index (χ1n) is 12.5. The lowest BCUT2D eigenvalue weighted by molar-refractivity contribution is -0.178. The van der Waals surface area contributed by atoms with E-state index in [0.717, 1.165) is 50.6 Å². The third-order valence-corrected chi connectivity index (χ3v) is 6.93. The predicted molar refractivity (Wildman–Crippen MR) is 120 cm³/mol. The number of unbranched alkanes of at least 4 members (excludes halogenated alkanes) is 4. The van der Waals surface area contributed by atoms with Gasteiger partial charge in [0.15, 0.2) is 0 Å². The van der Waals surface area contributed by atoms with Crippen molar-refractivity contribution in [3.63, 3.8) is 0 Å². The summed E-state index contributed by atoms with van der Waals surface area (Å²) < 4.78 is 45.9. The minimum Gasteiger partial charge on any atom is -0.480 e. The molecule has 33 heavy (non-hydrogen) atoms. The second-order valence-electron chi connectivity index (χ2n) is 9.45. The Morgan fingerprint density at radius 2 is 1.79 bits per heavy atom. The molecule has 1 aromatic rings. The van der Waals surface area contributed by atoms with E-state index in [-0.39, 0.29) is 19.6 Å². The first-order valence-corrected chi connectivity index (χ1v) is 12.5. The van der Waals surface area contributed by atoms with Gasteiger partial charge in [-0.3, -0.25) is 15.1 Å². The zero-order chi connectivity index (χ0) is 23.7. The normalized spacial score (nSPS) is 19.1. The molecule has 1 aliphatic carbocycles. The number of carbonyl (C=O) groups is 1. The van der Waals surface area contributed by atoms with Gasteiger partial charge in [-0.2, -0.15) is 13.2 Å². The van der Waals surface area contributed by atoms with E-state index in [4.69, 9.17) is 9.72 Å². The van der Waals surface area contributed by atoms with Gasteiger partial charge in [0, 0.05) is 24.6 Å². The fraction of sp³-hybridized carbons (Fsp3) is 0.760. The van der Waals surface area contributed by atoms with Crippen molar-refractivity contribution in [2.24, 2.45) is 5.92 Å². The SMILES string of the molecule is O=C(O)[C@H](CCCCCCCc1ccc2c(n1)CCCC2)N[C@H](C1CCOCC1)C(F)(F)F. The number of rotatable bonds is 12. The fourth-order valence-corrected chi connectivity index (χ4v) is 4.99. The number of hydrogen-bond acceptors (Lipinski definition) is 4. The van der Waals surface area contributed by atoms with E-state index in [2.05, 4.69) is 17.4 Å². The lowest BCUT2D eigenvalue weighted by Crippen LogP contribution is -2.54. The minimum absolute atomic E-state index is 0.206. The second-order valence-corrected chi connectivity index (χ2v) is 9.45. The van der Waals surface area contributed by atoms with Crippen LogP contribution in [0.15, 0.2) is 12.1 Å². The van der Waals surface area contributed by atoms with Crippen LogP contribution in [0.4, 0.5) is 13.2 Å². The molecule has 0 saturated carbocycles. The van der Waals surface area contributed by atoms with E-state index in [1.54, 1.807) is 0 Å². The lowest BCUT2D eigenvalue weighted by Gasteiger charge is -2.34. The van der Waals surface area contributed by atoms with Gasteiger partial charge in [-0.05, 0) is 75.3 Å². The van der Waals surface area contributed by atoms with Crippen LogP contribution in [0.5, 0.6) is 0 Å². The summed E-state index contributed by atoms with van der Waals surface area (Å²) in [6, 6.07) is 1.36. The summed E-state index contributed by atoms with van der Waals surface area (Å²) in [7, 11) is 0. The maximum Gasteiger partial charge on any atom is 0.404 e. The number of hydrogen-bond donors (Lipinski definition) is 2. The largest absolute Gasteiger partial charge is 0.480 e. The van der Waals surface area contributed by atoms with Crippen LogP contribution < -0.4 is 5.32 Å². The highest BCUT2D eigenvalue weighted by molar-refractivity contribution is 5.73. The van der Waals surface area contributed by atoms with Crippen molar-refractivity contribution in [2.75, 3.05) is 13.2 Å². The molecule has 1 fully saturated rings. The molecule has 5 nitrogen and oxygen atoms in total. The Morgan fingerprint density at radius 1 is 1.09 bits per heavy atom. The van der Waals surface area contributed by atoms with Gasteiger partial charge in [0.2, 0.25) is 0 Å². The molecule has 2 N–H and O–H groups in total. The van der Waals surface area contributed by atoms with E-state index in [1.165, 1.54) is 24.1 Å². The standard InChI is InChI=1S/C25H37F3N2O3/c26-25(27,28)23(19-14-16-33-17-15-19)30-22(24(31)32)11-5-3-1-2-4-9-20-13-12-18-8-6-7-10-21(18)29-20/h12-13,19,22-23,30H,1-11,14-17H2,(H,31,32)/t22-,23+/m0/s1. The van der Waals surface area contributed by atoms with Gasteiger partial charge in [-0.25, -0.2) is 0 Å². The number of carboxylic acids is 1. The minimum atomic E-state index is -4.47. The summed E-state index contributed by atoms with van der Waals surface area (Å²) in [4.78, 5) is 16.4. The molecule has 0 spiro atoms. The number of nitrogens with zero attached hydrogens (tertiary/aromatic N) is 1. The smallest absolute Gasteiger partial charge is 0.404 e. The number of ether oxygens (including phenoxy) is 1. The number of aryl methyl sites for hydroxylation is 3. The van der Waals surface area contributed by atoms with Crippen LogP contribution in [0.2, 0.25) is 0 Å². The summed E-state index contributed by atoms with van der Waals surface area (Å²) in [5, 5.41) is 11.9. The summed E-state index contributed by atoms with van der Waals surface area (Å²) in [6.07, 6.45) is 6.32. The number of aliphatic carboxylic acids is 1. The van der Waals surface area contributed by atoms with Crippen LogP contribution in [0, 0.1) is 5.92 Å². The maximum atomic E-state index is 13.6. The number of pyridine rings is 1. The van der Waals surface area contributed by atoms with Gasteiger partial charge in [0.1, 0.15) is 12.1 Å². The number of fused-ring (bicyclic) bond motifs is 1. The molecular formula is C25H37F3N2O3. The van der Waals surface area contributed by atoms with Crippen LogP contribution in [0.1, 0.15) is 81.2 Å². The molecule has 2 atom stereocenters. The van der Waals surface area contributed by atoms with Crippen molar-refractivity contribution in [3.8, 4) is 0 Å². The molecule has 0 aromatic carbocycles. The number of aromatic nitrogens is 1. The maximum absolute atomic E-state index is 13.6. The molecule has 0 amide bonds. The average molecular weight is 471 g/mol. The zero-order valence-electron chi connectivity index (χ0n) is 19.3. The highest BCUT2D eigenvalue weighted by atomic mass is 19.4. The third kappa shape index (κ3) is 8.25. The van der Waals surface area contributed by atoms with Crippen LogP contribution in [-0.2, 0) is 28.8 Å². The monoisotopic (exact) mass is 470 g/mol. The molecule has 1 saturated heterocycles. The van der Waals surface area contributed by atoms with Crippen molar-refractivity contribution in [1.82, 2.24) is 10.3 Å². The summed E-state index contributed by atoms with van der Waals surface area (Å²) in [6.45, 7) is 0.579. The number of carboxylic acid groups (broad SMARTS) is 1. The van der Waals surface area contributed by atoms with Crippen LogP contribution in [-0.4, -0.2) is 47.5 Å². The molecular weight excluding hydrogens is 433 g/mol. The Labute approximate surface area is 194 Å². The second kappa shape index (κ2) is 12.7. The van der Waals surface area contributed by atoms with Crippen molar-refractivity contribution in [2.45, 2.75) is 102 Å². The van der Waals surface area contributed by atoms with E-state index < -0.39 is 30.1 Å². The summed E-state index contributed by atoms with van der Waals surface area (Å²) >= 11 is 0. The molecule has 0 radical (unpaired) electrons. The fourth-order valence-electron chi connectivity index (χ4n) is 4.99. The first-order chi connectivity index (χ1) is 15.8. The average Bonchev–Trinajstić information content (AvgIpc) is 2.79. The van der Waals surface area contributed by atoms with Crippen molar-refractivity contribution in [1.29, 1.82) is 0 Å². The van der Waals surface area contributed by atoms with Crippen molar-refractivity contribution < 1.29 is 27.8 Å². The van der Waals surface area contributed by atoms with Crippen molar-refractivity contribution in [3.05, 3.63) is 29.1 Å². The molecule has 186 valence electrons. The van der Waals surface area contributed by atoms with Crippen molar-refractivity contribution >= 4 is 5.97 Å². The Balaban J connectivity index is 1.36. The molecule has 1 aliphatic heterocycles. The molecule has 0 bridgehead atoms. The lowest BCUT2D eigenvalue weighted by atomic mass is 9.90. The van der Waals surface area contributed by atoms with E-state index >= 15 is 0 Å². The quantitative estimate of drug-likeness (QED) is 0.409. The van der Waals surface area contributed by atoms with Crippen LogP contribution in [0.25, 0.3) is 0 Å². The van der Waals surface area contributed by atoms with E-state index in [0.29, 0.717) is 19.3 Å². The topological polar surface area (TPSA) is 71.5 Å². The summed E-state index contributed by atoms with van der Waals surface area (Å²) in [5.74, 6) is -1.85. The number of nitrogens with one attached hydrogen (secondary N) is 1. The Morgan fingerprint density at radius 3 is 2.52 bits per heavy atom. The zero-order valence-corrected chi connectivity index (χ0v) is 19.3. The molecule has 0 unspecified atom stereocenters. The van der Waals surface area contributed by atoms with Gasteiger partial charge in [0.05, 0.1) is 0 Å². The highest BCUT2D eigenvalue weighted by Crippen LogP contribution is 2.32. The van der Waals surface area contributed by atoms with Gasteiger partial charge < -0.3 is 9.84 Å². The summed E-state index contributed by atoms with van der Waals surface area (Å²) in [5.41, 5.74) is 3.78. The number of halogens is 3. The van der Waals surface area contributed by atoms with Gasteiger partial charge >= 0.3 is 12.1 Å². The Kier molecular flexibility index (Phi) is 9.98. The van der Waals surface area contributed by atoms with Crippen LogP contribution in [0.3, 0.4) is 0 Å². The molecule has 1 aromatic heterocycles. The highest BCUT2D eigenvalue weighted by Gasteiger charge is 2.46. The Bertz CT molecular complexity index is 751. The predicted octanol–water partition coefficient (Wildman–Crippen LogP) is 5.24. The Hall–Kier alpha value is -1.67. The van der Waals surface area contributed by atoms with E-state index in [1.807, 2.05) is 0 Å². The van der Waals surface area contributed by atoms with Gasteiger partial charge in [0.25, 0.3) is 0 Å². The van der Waals surface area contributed by atoms with Gasteiger partial charge in [-0.15, -0.1) is 0 Å². The van der Waals surface area contributed by atoms with Gasteiger partial charge in [-0.1, -0.05) is 31.7 Å².